The fourth-order valence-corrected chi connectivity index (χ4v) is 3.97. The zero-order valence-corrected chi connectivity index (χ0v) is 11.3. The van der Waals surface area contributed by atoms with Gasteiger partial charge in [-0.1, -0.05) is 6.07 Å². The van der Waals surface area contributed by atoms with E-state index in [0.29, 0.717) is 18.4 Å². The van der Waals surface area contributed by atoms with Gasteiger partial charge in [-0.05, 0) is 37.5 Å². The van der Waals surface area contributed by atoms with E-state index in [-0.39, 0.29) is 6.54 Å². The smallest absolute Gasteiger partial charge is 0.246 e. The first-order valence-electron chi connectivity index (χ1n) is 5.91. The maximum atomic E-state index is 13.8. The van der Waals surface area contributed by atoms with Gasteiger partial charge in [0.05, 0.1) is 0 Å². The minimum atomic E-state index is -4.02. The molecule has 2 rings (SSSR count). The molecule has 19 heavy (non-hydrogen) atoms. The Morgan fingerprint density at radius 2 is 2.16 bits per heavy atom. The molecule has 0 spiro atoms. The molecule has 1 aromatic rings. The molecule has 1 atom stereocenters. The Kier molecular flexibility index (Phi) is 3.60. The van der Waals surface area contributed by atoms with Crippen molar-refractivity contribution in [3.8, 4) is 0 Å². The number of amides is 1. The zero-order valence-electron chi connectivity index (χ0n) is 10.5. The molecule has 0 aliphatic carbocycles. The summed E-state index contributed by atoms with van der Waals surface area (Å²) in [5.41, 5.74) is 5.82. The molecule has 1 amide bonds. The molecule has 1 unspecified atom stereocenters. The normalized spacial score (nSPS) is 20.6. The summed E-state index contributed by atoms with van der Waals surface area (Å²) in [6.45, 7) is 1.85. The Morgan fingerprint density at radius 3 is 2.74 bits per heavy atom. The number of hydrogen-bond acceptors (Lipinski definition) is 3. The molecule has 5 nitrogen and oxygen atoms in total. The van der Waals surface area contributed by atoms with Gasteiger partial charge in [-0.25, -0.2) is 12.8 Å². The van der Waals surface area contributed by atoms with Gasteiger partial charge in [0.2, 0.25) is 15.9 Å². The summed E-state index contributed by atoms with van der Waals surface area (Å²) >= 11 is 0. The van der Waals surface area contributed by atoms with Crippen LogP contribution >= 0.6 is 0 Å². The van der Waals surface area contributed by atoms with E-state index in [1.165, 1.54) is 12.1 Å². The lowest BCUT2D eigenvalue weighted by Crippen LogP contribution is -2.43. The fraction of sp³-hybridized carbons (Fsp3) is 0.417. The lowest BCUT2D eigenvalue weighted by Gasteiger charge is -2.21. The maximum absolute atomic E-state index is 13.8. The zero-order chi connectivity index (χ0) is 14.2. The summed E-state index contributed by atoms with van der Waals surface area (Å²) in [6, 6.07) is 3.01. The highest BCUT2D eigenvalue weighted by molar-refractivity contribution is 7.89. The van der Waals surface area contributed by atoms with Gasteiger partial charge in [0.25, 0.3) is 0 Å². The predicted molar refractivity (Wildman–Crippen MR) is 67.2 cm³/mol. The van der Waals surface area contributed by atoms with E-state index >= 15 is 0 Å². The van der Waals surface area contributed by atoms with Crippen LogP contribution in [0.5, 0.6) is 0 Å². The van der Waals surface area contributed by atoms with Crippen molar-refractivity contribution in [3.63, 3.8) is 0 Å². The van der Waals surface area contributed by atoms with Gasteiger partial charge < -0.3 is 5.73 Å². The van der Waals surface area contributed by atoms with Crippen LogP contribution in [0.15, 0.2) is 23.1 Å². The third kappa shape index (κ3) is 2.48. The summed E-state index contributed by atoms with van der Waals surface area (Å²) in [7, 11) is -4.02. The molecule has 1 aliphatic heterocycles. The van der Waals surface area contributed by atoms with Crippen molar-refractivity contribution in [2.24, 2.45) is 5.73 Å². The number of nitrogens with two attached hydrogens (primary N) is 1. The van der Waals surface area contributed by atoms with Crippen LogP contribution < -0.4 is 5.73 Å². The van der Waals surface area contributed by atoms with Crippen LogP contribution in [0.2, 0.25) is 0 Å². The first-order valence-corrected chi connectivity index (χ1v) is 7.35. The topological polar surface area (TPSA) is 80.5 Å². The Hall–Kier alpha value is -1.47. The molecule has 0 saturated carbocycles. The third-order valence-corrected chi connectivity index (χ3v) is 5.15. The van der Waals surface area contributed by atoms with Crippen LogP contribution in [0.1, 0.15) is 18.4 Å². The highest BCUT2D eigenvalue weighted by atomic mass is 32.2. The van der Waals surface area contributed by atoms with E-state index in [1.54, 1.807) is 6.92 Å². The molecule has 1 fully saturated rings. The lowest BCUT2D eigenvalue weighted by atomic mass is 10.2. The predicted octanol–water partition coefficient (Wildman–Crippen LogP) is 0.773. The van der Waals surface area contributed by atoms with Gasteiger partial charge in [-0.15, -0.1) is 0 Å². The monoisotopic (exact) mass is 286 g/mol. The van der Waals surface area contributed by atoms with Gasteiger partial charge in [-0.3, -0.25) is 4.79 Å². The van der Waals surface area contributed by atoms with Crippen molar-refractivity contribution >= 4 is 15.9 Å². The van der Waals surface area contributed by atoms with Crippen molar-refractivity contribution in [2.75, 3.05) is 6.54 Å². The number of hydrogen-bond donors (Lipinski definition) is 1. The van der Waals surface area contributed by atoms with Gasteiger partial charge in [0, 0.05) is 6.54 Å². The van der Waals surface area contributed by atoms with E-state index < -0.39 is 32.7 Å². The summed E-state index contributed by atoms with van der Waals surface area (Å²) in [4.78, 5) is 10.8. The van der Waals surface area contributed by atoms with E-state index in [4.69, 9.17) is 5.73 Å². The molecule has 1 aromatic carbocycles. The van der Waals surface area contributed by atoms with Crippen molar-refractivity contribution < 1.29 is 17.6 Å². The second kappa shape index (κ2) is 4.90. The summed E-state index contributed by atoms with van der Waals surface area (Å²) in [5, 5.41) is 0. The lowest BCUT2D eigenvalue weighted by molar-refractivity contribution is -0.121. The summed E-state index contributed by atoms with van der Waals surface area (Å²) in [6.07, 6.45) is 0.919. The highest BCUT2D eigenvalue weighted by Crippen LogP contribution is 2.27. The van der Waals surface area contributed by atoms with Crippen LogP contribution in [-0.4, -0.2) is 31.2 Å². The summed E-state index contributed by atoms with van der Waals surface area (Å²) < 4.78 is 39.5. The fourth-order valence-electron chi connectivity index (χ4n) is 2.25. The van der Waals surface area contributed by atoms with E-state index in [9.17, 15) is 17.6 Å². The molecular formula is C12H15FN2O3S. The number of primary amides is 1. The highest BCUT2D eigenvalue weighted by Gasteiger charge is 2.39. The first kappa shape index (κ1) is 14.0. The minimum Gasteiger partial charge on any atom is -0.368 e. The quantitative estimate of drug-likeness (QED) is 0.891. The number of sulfonamides is 1. The van der Waals surface area contributed by atoms with Gasteiger partial charge in [0.1, 0.15) is 16.8 Å². The second-order valence-electron chi connectivity index (χ2n) is 4.61. The average Bonchev–Trinajstić information content (AvgIpc) is 2.77. The van der Waals surface area contributed by atoms with Crippen molar-refractivity contribution in [2.45, 2.75) is 30.7 Å². The number of benzene rings is 1. The Labute approximate surface area is 111 Å². The SMILES string of the molecule is Cc1ccc(S(=O)(=O)N2CCCC2C(N)=O)c(F)c1. The van der Waals surface area contributed by atoms with Crippen LogP contribution in [0.25, 0.3) is 0 Å². The van der Waals surface area contributed by atoms with Gasteiger partial charge in [0.15, 0.2) is 0 Å². The molecule has 1 aliphatic rings. The second-order valence-corrected chi connectivity index (χ2v) is 6.47. The van der Waals surface area contributed by atoms with E-state index in [1.807, 2.05) is 0 Å². The number of halogens is 1. The Morgan fingerprint density at radius 1 is 1.47 bits per heavy atom. The molecular weight excluding hydrogens is 271 g/mol. The van der Waals surface area contributed by atoms with Crippen LogP contribution in [0, 0.1) is 12.7 Å². The van der Waals surface area contributed by atoms with Crippen molar-refractivity contribution in [3.05, 3.63) is 29.6 Å². The molecule has 2 N–H and O–H groups in total. The number of carbonyl (C=O) groups is 1. The Balaban J connectivity index is 2.45. The molecule has 1 heterocycles. The molecule has 0 radical (unpaired) electrons. The number of rotatable bonds is 3. The van der Waals surface area contributed by atoms with Crippen molar-refractivity contribution in [1.82, 2.24) is 4.31 Å². The average molecular weight is 286 g/mol. The van der Waals surface area contributed by atoms with Crippen LogP contribution in [0.3, 0.4) is 0 Å². The number of aryl methyl sites for hydroxylation is 1. The van der Waals surface area contributed by atoms with E-state index in [0.717, 1.165) is 10.4 Å². The molecule has 7 heteroatoms. The Bertz CT molecular complexity index is 615. The minimum absolute atomic E-state index is 0.184. The molecule has 1 saturated heterocycles. The molecule has 0 aromatic heterocycles. The van der Waals surface area contributed by atoms with Gasteiger partial charge >= 0.3 is 0 Å². The number of carbonyl (C=O) groups excluding carboxylic acids is 1. The summed E-state index contributed by atoms with van der Waals surface area (Å²) in [5.74, 6) is -1.51. The van der Waals surface area contributed by atoms with Crippen LogP contribution in [-0.2, 0) is 14.8 Å². The van der Waals surface area contributed by atoms with Gasteiger partial charge in [-0.2, -0.15) is 4.31 Å². The third-order valence-electron chi connectivity index (χ3n) is 3.21. The largest absolute Gasteiger partial charge is 0.368 e. The number of nitrogens with zero attached hydrogens (tertiary/aromatic N) is 1. The maximum Gasteiger partial charge on any atom is 0.246 e. The first-order chi connectivity index (χ1) is 8.84. The molecule has 0 bridgehead atoms. The van der Waals surface area contributed by atoms with Crippen LogP contribution in [0.4, 0.5) is 4.39 Å². The van der Waals surface area contributed by atoms with E-state index in [2.05, 4.69) is 0 Å². The van der Waals surface area contributed by atoms with Crippen molar-refractivity contribution in [1.29, 1.82) is 0 Å². The standard InChI is InChI=1S/C12H15FN2O3S/c1-8-4-5-11(9(13)7-8)19(17,18)15-6-2-3-10(15)12(14)16/h4-5,7,10H,2-3,6H2,1H3,(H2,14,16). The molecule has 104 valence electrons.